The Morgan fingerprint density at radius 3 is 2.43 bits per heavy atom. The van der Waals surface area contributed by atoms with Crippen molar-refractivity contribution < 1.29 is 14.3 Å². The highest BCUT2D eigenvalue weighted by molar-refractivity contribution is 5.96. The molecule has 6 nitrogen and oxygen atoms in total. The van der Waals surface area contributed by atoms with Crippen LogP contribution in [0.4, 0.5) is 5.69 Å². The summed E-state index contributed by atoms with van der Waals surface area (Å²) in [6.07, 6.45) is 1.31. The van der Waals surface area contributed by atoms with E-state index in [0.717, 1.165) is 47.0 Å². The molecule has 2 heterocycles. The number of rotatable bonds is 8. The fourth-order valence-corrected chi connectivity index (χ4v) is 4.96. The maximum Gasteiger partial charge on any atom is 0.227 e. The van der Waals surface area contributed by atoms with E-state index < -0.39 is 0 Å². The van der Waals surface area contributed by atoms with E-state index in [9.17, 15) is 4.79 Å². The molecule has 180 valence electrons. The number of benzene rings is 3. The highest BCUT2D eigenvalue weighted by Crippen LogP contribution is 2.34. The van der Waals surface area contributed by atoms with Crippen LogP contribution in [0, 0.1) is 13.8 Å². The Hall–Kier alpha value is -3.80. The predicted molar refractivity (Wildman–Crippen MR) is 138 cm³/mol. The van der Waals surface area contributed by atoms with E-state index in [4.69, 9.17) is 14.5 Å². The number of methoxy groups -OCH3 is 1. The van der Waals surface area contributed by atoms with Gasteiger partial charge >= 0.3 is 0 Å². The number of imidazole rings is 1. The number of nitrogens with zero attached hydrogens (tertiary/aromatic N) is 3. The number of anilines is 1. The number of ether oxygens (including phenoxy) is 2. The summed E-state index contributed by atoms with van der Waals surface area (Å²) in [5.41, 5.74) is 5.38. The second-order valence-electron chi connectivity index (χ2n) is 9.24. The maximum absolute atomic E-state index is 13.0. The first-order chi connectivity index (χ1) is 17.0. The summed E-state index contributed by atoms with van der Waals surface area (Å²) >= 11 is 0. The number of hydrogen-bond donors (Lipinski definition) is 0. The lowest BCUT2D eigenvalue weighted by molar-refractivity contribution is -0.117. The van der Waals surface area contributed by atoms with Crippen molar-refractivity contribution in [2.24, 2.45) is 0 Å². The summed E-state index contributed by atoms with van der Waals surface area (Å²) in [7, 11) is 1.65. The number of para-hydroxylation sites is 2. The minimum Gasteiger partial charge on any atom is -0.497 e. The smallest absolute Gasteiger partial charge is 0.227 e. The fraction of sp³-hybridized carbons (Fsp3) is 0.310. The topological polar surface area (TPSA) is 56.6 Å². The molecule has 0 radical (unpaired) electrons. The van der Waals surface area contributed by atoms with Gasteiger partial charge in [0.05, 0.1) is 24.8 Å². The van der Waals surface area contributed by atoms with Gasteiger partial charge in [-0.05, 0) is 79.9 Å². The van der Waals surface area contributed by atoms with Crippen LogP contribution < -0.4 is 14.4 Å². The van der Waals surface area contributed by atoms with Crippen LogP contribution in [0.25, 0.3) is 11.0 Å². The summed E-state index contributed by atoms with van der Waals surface area (Å²) in [4.78, 5) is 19.9. The van der Waals surface area contributed by atoms with E-state index >= 15 is 0 Å². The third-order valence-electron chi connectivity index (χ3n) is 6.55. The molecule has 1 atom stereocenters. The number of carbonyl (C=O) groups excluding carboxylic acids is 1. The molecule has 35 heavy (non-hydrogen) atoms. The molecule has 1 aliphatic rings. The maximum atomic E-state index is 13.0. The first kappa shape index (κ1) is 23.0. The van der Waals surface area contributed by atoms with Gasteiger partial charge in [-0.2, -0.15) is 0 Å². The van der Waals surface area contributed by atoms with E-state index in [2.05, 4.69) is 42.7 Å². The second kappa shape index (κ2) is 9.82. The van der Waals surface area contributed by atoms with Crippen molar-refractivity contribution in [2.45, 2.75) is 39.2 Å². The Morgan fingerprint density at radius 2 is 1.69 bits per heavy atom. The number of aryl methyl sites for hydroxylation is 3. The molecular weight excluding hydrogens is 438 g/mol. The van der Waals surface area contributed by atoms with Crippen LogP contribution in [0.1, 0.15) is 35.7 Å². The zero-order valence-corrected chi connectivity index (χ0v) is 20.5. The number of carbonyl (C=O) groups is 1. The Kier molecular flexibility index (Phi) is 6.45. The Balaban J connectivity index is 1.33. The minimum absolute atomic E-state index is 0.0539. The van der Waals surface area contributed by atoms with Crippen LogP contribution in [0.5, 0.6) is 11.5 Å². The van der Waals surface area contributed by atoms with Crippen LogP contribution >= 0.6 is 0 Å². The number of fused-ring (bicyclic) bond motifs is 1. The van der Waals surface area contributed by atoms with Crippen LogP contribution in [0.15, 0.2) is 66.7 Å². The molecule has 1 aromatic heterocycles. The van der Waals surface area contributed by atoms with Gasteiger partial charge in [-0.3, -0.25) is 4.79 Å². The SMILES string of the molecule is COc1ccc(OCCCn2c(C3CC(=O)N(c4cc(C)cc(C)c4)C3)nc3ccccc32)cc1. The van der Waals surface area contributed by atoms with E-state index in [1.54, 1.807) is 7.11 Å². The van der Waals surface area contributed by atoms with Crippen molar-refractivity contribution in [1.82, 2.24) is 9.55 Å². The lowest BCUT2D eigenvalue weighted by Crippen LogP contribution is -2.24. The molecule has 1 amide bonds. The Morgan fingerprint density at radius 1 is 0.971 bits per heavy atom. The van der Waals surface area contributed by atoms with Gasteiger partial charge < -0.3 is 18.9 Å². The highest BCUT2D eigenvalue weighted by Gasteiger charge is 2.35. The monoisotopic (exact) mass is 469 g/mol. The van der Waals surface area contributed by atoms with E-state index in [1.165, 1.54) is 11.1 Å². The third-order valence-corrected chi connectivity index (χ3v) is 6.55. The van der Waals surface area contributed by atoms with Gasteiger partial charge in [0.1, 0.15) is 17.3 Å². The van der Waals surface area contributed by atoms with Gasteiger partial charge in [0, 0.05) is 31.1 Å². The van der Waals surface area contributed by atoms with Gasteiger partial charge in [0.2, 0.25) is 5.91 Å². The average molecular weight is 470 g/mol. The van der Waals surface area contributed by atoms with Gasteiger partial charge in [0.15, 0.2) is 0 Å². The second-order valence-corrected chi connectivity index (χ2v) is 9.24. The van der Waals surface area contributed by atoms with E-state index in [1.807, 2.05) is 47.4 Å². The van der Waals surface area contributed by atoms with Crippen molar-refractivity contribution in [3.8, 4) is 11.5 Å². The van der Waals surface area contributed by atoms with Gasteiger partial charge in [0.25, 0.3) is 0 Å². The molecule has 3 aromatic carbocycles. The first-order valence-electron chi connectivity index (χ1n) is 12.1. The number of amides is 1. The Bertz CT molecular complexity index is 1320. The van der Waals surface area contributed by atoms with Crippen molar-refractivity contribution in [2.75, 3.05) is 25.2 Å². The first-order valence-corrected chi connectivity index (χ1v) is 12.1. The van der Waals surface area contributed by atoms with E-state index in [-0.39, 0.29) is 11.8 Å². The summed E-state index contributed by atoms with van der Waals surface area (Å²) in [5.74, 6) is 2.83. The van der Waals surface area contributed by atoms with Gasteiger partial charge in [-0.1, -0.05) is 18.2 Å². The molecule has 1 fully saturated rings. The van der Waals surface area contributed by atoms with Crippen molar-refractivity contribution >= 4 is 22.6 Å². The highest BCUT2D eigenvalue weighted by atomic mass is 16.5. The standard InChI is InChI=1S/C29H31N3O3/c1-20-15-21(2)17-23(16-20)32-19-22(18-28(32)33)29-30-26-7-4-5-8-27(26)31(29)13-6-14-35-25-11-9-24(34-3)10-12-25/h4-5,7-12,15-17,22H,6,13-14,18-19H2,1-3H3. The molecular formula is C29H31N3O3. The lowest BCUT2D eigenvalue weighted by Gasteiger charge is -2.19. The fourth-order valence-electron chi connectivity index (χ4n) is 4.96. The zero-order valence-electron chi connectivity index (χ0n) is 20.5. The molecule has 1 aliphatic heterocycles. The quantitative estimate of drug-likeness (QED) is 0.313. The molecule has 0 bridgehead atoms. The number of hydrogen-bond acceptors (Lipinski definition) is 4. The largest absolute Gasteiger partial charge is 0.497 e. The van der Waals surface area contributed by atoms with Gasteiger partial charge in [-0.25, -0.2) is 4.98 Å². The van der Waals surface area contributed by atoms with Crippen LogP contribution in [0.3, 0.4) is 0 Å². The molecule has 4 aromatic rings. The Labute approximate surface area is 206 Å². The van der Waals surface area contributed by atoms with E-state index in [0.29, 0.717) is 19.6 Å². The van der Waals surface area contributed by atoms with Crippen LogP contribution in [0.2, 0.25) is 0 Å². The van der Waals surface area contributed by atoms with Crippen molar-refractivity contribution in [3.05, 3.63) is 83.7 Å². The molecule has 5 rings (SSSR count). The third kappa shape index (κ3) is 4.87. The normalized spacial score (nSPS) is 15.7. The lowest BCUT2D eigenvalue weighted by atomic mass is 10.1. The summed E-state index contributed by atoms with van der Waals surface area (Å²) in [6.45, 7) is 6.16. The molecule has 0 saturated carbocycles. The van der Waals surface area contributed by atoms with Gasteiger partial charge in [-0.15, -0.1) is 0 Å². The predicted octanol–water partition coefficient (Wildman–Crippen LogP) is 5.65. The molecule has 1 unspecified atom stereocenters. The van der Waals surface area contributed by atoms with Crippen molar-refractivity contribution in [1.29, 1.82) is 0 Å². The van der Waals surface area contributed by atoms with Crippen LogP contribution in [-0.2, 0) is 11.3 Å². The van der Waals surface area contributed by atoms with Crippen LogP contribution in [-0.4, -0.2) is 35.7 Å². The molecule has 0 N–H and O–H groups in total. The zero-order chi connectivity index (χ0) is 24.4. The summed E-state index contributed by atoms with van der Waals surface area (Å²) in [5, 5.41) is 0. The summed E-state index contributed by atoms with van der Waals surface area (Å²) < 4.78 is 13.4. The molecule has 6 heteroatoms. The summed E-state index contributed by atoms with van der Waals surface area (Å²) in [6, 6.07) is 22.2. The minimum atomic E-state index is 0.0539. The molecule has 1 saturated heterocycles. The average Bonchev–Trinajstić information content (AvgIpc) is 3.42. The van der Waals surface area contributed by atoms with Crippen molar-refractivity contribution in [3.63, 3.8) is 0 Å². The molecule has 0 spiro atoms. The molecule has 0 aliphatic carbocycles. The number of aromatic nitrogens is 2.